The zero-order chi connectivity index (χ0) is 15.3. The van der Waals surface area contributed by atoms with Gasteiger partial charge in [0.25, 0.3) is 0 Å². The number of rotatable bonds is 6. The summed E-state index contributed by atoms with van der Waals surface area (Å²) in [5.74, 6) is 1.06. The minimum Gasteiger partial charge on any atom is -0.494 e. The molecule has 1 aromatic carbocycles. The van der Waals surface area contributed by atoms with Crippen molar-refractivity contribution >= 4 is 5.91 Å². The Hall–Kier alpha value is -1.55. The van der Waals surface area contributed by atoms with E-state index in [0.29, 0.717) is 19.7 Å². The minimum atomic E-state index is -0.319. The first-order valence-corrected chi connectivity index (χ1v) is 7.78. The predicted octanol–water partition coefficient (Wildman–Crippen LogP) is 2.56. The van der Waals surface area contributed by atoms with Gasteiger partial charge in [0.05, 0.1) is 12.0 Å². The molecule has 0 aliphatic heterocycles. The molecule has 1 aliphatic carbocycles. The van der Waals surface area contributed by atoms with Crippen LogP contribution in [0.2, 0.25) is 0 Å². The lowest BCUT2D eigenvalue weighted by Gasteiger charge is -2.31. The van der Waals surface area contributed by atoms with E-state index in [2.05, 4.69) is 0 Å². The molecule has 1 amide bonds. The van der Waals surface area contributed by atoms with E-state index in [0.717, 1.165) is 37.0 Å². The van der Waals surface area contributed by atoms with E-state index in [1.165, 1.54) is 0 Å². The van der Waals surface area contributed by atoms with Gasteiger partial charge in [-0.1, -0.05) is 25.0 Å². The fourth-order valence-corrected chi connectivity index (χ4v) is 3.17. The Morgan fingerprint density at radius 3 is 2.43 bits per heavy atom. The van der Waals surface area contributed by atoms with Crippen LogP contribution in [0, 0.1) is 5.41 Å². The highest BCUT2D eigenvalue weighted by Gasteiger charge is 2.41. The molecule has 0 aromatic heterocycles. The fraction of sp³-hybridized carbons (Fsp3) is 0.588. The van der Waals surface area contributed by atoms with Crippen molar-refractivity contribution in [3.8, 4) is 5.75 Å². The van der Waals surface area contributed by atoms with Crippen LogP contribution in [0.5, 0.6) is 5.75 Å². The van der Waals surface area contributed by atoms with E-state index in [1.54, 1.807) is 0 Å². The molecule has 2 rings (SSSR count). The largest absolute Gasteiger partial charge is 0.494 e. The topological polar surface area (TPSA) is 55.6 Å². The summed E-state index contributed by atoms with van der Waals surface area (Å²) in [5, 5.41) is 0. The average Bonchev–Trinajstić information content (AvgIpc) is 2.99. The second-order valence-corrected chi connectivity index (χ2v) is 5.93. The molecule has 4 nitrogen and oxygen atoms in total. The van der Waals surface area contributed by atoms with Gasteiger partial charge in [-0.2, -0.15) is 0 Å². The highest BCUT2D eigenvalue weighted by Crippen LogP contribution is 2.38. The molecule has 0 unspecified atom stereocenters. The summed E-state index contributed by atoms with van der Waals surface area (Å²) in [4.78, 5) is 14.5. The van der Waals surface area contributed by atoms with Crippen LogP contribution in [0.15, 0.2) is 24.3 Å². The molecule has 0 saturated heterocycles. The number of nitrogens with zero attached hydrogens (tertiary/aromatic N) is 1. The standard InChI is InChI=1S/C17H26N2O2/c1-3-21-15-8-6-14(7-9-15)12-19(2)16(20)17(13-18)10-4-5-11-17/h6-9H,3-5,10-13,18H2,1-2H3. The van der Waals surface area contributed by atoms with Crippen LogP contribution in [0.3, 0.4) is 0 Å². The summed E-state index contributed by atoms with van der Waals surface area (Å²) < 4.78 is 5.43. The summed E-state index contributed by atoms with van der Waals surface area (Å²) >= 11 is 0. The minimum absolute atomic E-state index is 0.191. The molecule has 4 heteroatoms. The molecule has 0 bridgehead atoms. The summed E-state index contributed by atoms with van der Waals surface area (Å²) in [6.07, 6.45) is 4.07. The lowest BCUT2D eigenvalue weighted by atomic mass is 9.84. The number of amides is 1. The van der Waals surface area contributed by atoms with Gasteiger partial charge in [-0.3, -0.25) is 4.79 Å². The Morgan fingerprint density at radius 2 is 1.90 bits per heavy atom. The number of carbonyl (C=O) groups is 1. The Morgan fingerprint density at radius 1 is 1.29 bits per heavy atom. The fourth-order valence-electron chi connectivity index (χ4n) is 3.17. The van der Waals surface area contributed by atoms with Gasteiger partial charge in [0.15, 0.2) is 0 Å². The van der Waals surface area contributed by atoms with Gasteiger partial charge in [-0.05, 0) is 37.5 Å². The van der Waals surface area contributed by atoms with Crippen LogP contribution < -0.4 is 10.5 Å². The number of hydrogen-bond donors (Lipinski definition) is 1. The van der Waals surface area contributed by atoms with Crippen LogP contribution in [0.25, 0.3) is 0 Å². The lowest BCUT2D eigenvalue weighted by molar-refractivity contribution is -0.140. The third-order valence-corrected chi connectivity index (χ3v) is 4.41. The summed E-state index contributed by atoms with van der Waals surface area (Å²) in [6.45, 7) is 3.71. The molecule has 0 radical (unpaired) electrons. The Kier molecular flexibility index (Phi) is 5.23. The van der Waals surface area contributed by atoms with Crippen molar-refractivity contribution in [1.82, 2.24) is 4.90 Å². The Bertz CT molecular complexity index is 464. The average molecular weight is 290 g/mol. The Labute approximate surface area is 127 Å². The summed E-state index contributed by atoms with van der Waals surface area (Å²) in [7, 11) is 1.87. The van der Waals surface area contributed by atoms with Crippen molar-refractivity contribution in [2.24, 2.45) is 11.1 Å². The molecule has 21 heavy (non-hydrogen) atoms. The molecule has 1 saturated carbocycles. The smallest absolute Gasteiger partial charge is 0.230 e. The molecule has 0 heterocycles. The first-order chi connectivity index (χ1) is 10.1. The predicted molar refractivity (Wildman–Crippen MR) is 84.0 cm³/mol. The van der Waals surface area contributed by atoms with Gasteiger partial charge < -0.3 is 15.4 Å². The van der Waals surface area contributed by atoms with Crippen LogP contribution in [-0.2, 0) is 11.3 Å². The second-order valence-electron chi connectivity index (χ2n) is 5.93. The van der Waals surface area contributed by atoms with E-state index < -0.39 is 0 Å². The highest BCUT2D eigenvalue weighted by molar-refractivity contribution is 5.83. The van der Waals surface area contributed by atoms with E-state index in [-0.39, 0.29) is 11.3 Å². The number of benzene rings is 1. The van der Waals surface area contributed by atoms with Crippen LogP contribution in [-0.4, -0.2) is 31.0 Å². The molecule has 2 N–H and O–H groups in total. The highest BCUT2D eigenvalue weighted by atomic mass is 16.5. The van der Waals surface area contributed by atoms with Gasteiger partial charge in [0, 0.05) is 20.1 Å². The van der Waals surface area contributed by atoms with Gasteiger partial charge in [-0.25, -0.2) is 0 Å². The first-order valence-electron chi connectivity index (χ1n) is 7.78. The zero-order valence-corrected chi connectivity index (χ0v) is 13.1. The second kappa shape index (κ2) is 6.94. The molecule has 1 aliphatic rings. The van der Waals surface area contributed by atoms with Gasteiger partial charge in [0.2, 0.25) is 5.91 Å². The first kappa shape index (κ1) is 15.8. The molecule has 1 aromatic rings. The normalized spacial score (nSPS) is 16.7. The van der Waals surface area contributed by atoms with Gasteiger partial charge in [-0.15, -0.1) is 0 Å². The SMILES string of the molecule is CCOc1ccc(CN(C)C(=O)C2(CN)CCCC2)cc1. The van der Waals surface area contributed by atoms with Crippen molar-refractivity contribution in [1.29, 1.82) is 0 Å². The van der Waals surface area contributed by atoms with E-state index >= 15 is 0 Å². The third kappa shape index (κ3) is 3.56. The summed E-state index contributed by atoms with van der Waals surface area (Å²) in [6, 6.07) is 7.92. The number of carbonyl (C=O) groups excluding carboxylic acids is 1. The molecule has 116 valence electrons. The molecule has 1 fully saturated rings. The van der Waals surface area contributed by atoms with E-state index in [4.69, 9.17) is 10.5 Å². The monoisotopic (exact) mass is 290 g/mol. The maximum atomic E-state index is 12.7. The number of ether oxygens (including phenoxy) is 1. The van der Waals surface area contributed by atoms with Crippen LogP contribution in [0.4, 0.5) is 0 Å². The zero-order valence-electron chi connectivity index (χ0n) is 13.1. The molecular weight excluding hydrogens is 264 g/mol. The van der Waals surface area contributed by atoms with Crippen LogP contribution >= 0.6 is 0 Å². The van der Waals surface area contributed by atoms with Crippen LogP contribution in [0.1, 0.15) is 38.2 Å². The maximum Gasteiger partial charge on any atom is 0.230 e. The van der Waals surface area contributed by atoms with Gasteiger partial charge in [0.1, 0.15) is 5.75 Å². The molecule has 0 spiro atoms. The number of hydrogen-bond acceptors (Lipinski definition) is 3. The molecule has 0 atom stereocenters. The van der Waals surface area contributed by atoms with Crippen molar-refractivity contribution in [2.75, 3.05) is 20.2 Å². The van der Waals surface area contributed by atoms with Crippen molar-refractivity contribution < 1.29 is 9.53 Å². The Balaban J connectivity index is 2.00. The molecular formula is C17H26N2O2. The summed E-state index contributed by atoms with van der Waals surface area (Å²) in [5.41, 5.74) is 6.68. The van der Waals surface area contributed by atoms with E-state index in [1.807, 2.05) is 43.1 Å². The van der Waals surface area contributed by atoms with Gasteiger partial charge >= 0.3 is 0 Å². The van der Waals surface area contributed by atoms with Crippen molar-refractivity contribution in [3.05, 3.63) is 29.8 Å². The lowest BCUT2D eigenvalue weighted by Crippen LogP contribution is -2.44. The third-order valence-electron chi connectivity index (χ3n) is 4.41. The maximum absolute atomic E-state index is 12.7. The quantitative estimate of drug-likeness (QED) is 0.876. The van der Waals surface area contributed by atoms with E-state index in [9.17, 15) is 4.79 Å². The number of nitrogens with two attached hydrogens (primary N) is 1. The van der Waals surface area contributed by atoms with Crippen molar-refractivity contribution in [3.63, 3.8) is 0 Å². The van der Waals surface area contributed by atoms with Crippen molar-refractivity contribution in [2.45, 2.75) is 39.2 Å².